The number of piperidine rings is 1. The van der Waals surface area contributed by atoms with Gasteiger partial charge in [0.2, 0.25) is 0 Å². The van der Waals surface area contributed by atoms with Gasteiger partial charge < -0.3 is 14.4 Å². The highest BCUT2D eigenvalue weighted by Gasteiger charge is 2.43. The lowest BCUT2D eigenvalue weighted by Gasteiger charge is -2.31. The molecule has 4 rings (SSSR count). The zero-order valence-corrected chi connectivity index (χ0v) is 18.8. The van der Waals surface area contributed by atoms with Gasteiger partial charge in [0.25, 0.3) is 0 Å². The van der Waals surface area contributed by atoms with E-state index in [1.807, 2.05) is 30.3 Å². The summed E-state index contributed by atoms with van der Waals surface area (Å²) < 4.78 is 38.4. The standard InChI is InChI=1S/C24H26BrF2NO3/c25-20-13-22(27)23(14-21(20)26)30-11-8-18-12-19(18)17-6-9-28(10-7-17)24(29)31-15-16-4-2-1-3-5-16/h1-5,13-14,17-19H,6-12,15H2/t18-,19?/m1/s1. The Bertz CT molecular complexity index is 903. The lowest BCUT2D eigenvalue weighted by atomic mass is 9.91. The number of amides is 1. The summed E-state index contributed by atoms with van der Waals surface area (Å²) in [5, 5.41) is 0. The molecule has 1 aliphatic heterocycles. The first-order valence-corrected chi connectivity index (χ1v) is 11.5. The van der Waals surface area contributed by atoms with Crippen molar-refractivity contribution in [3.63, 3.8) is 0 Å². The molecule has 0 aromatic heterocycles. The molecular weight excluding hydrogens is 468 g/mol. The molecule has 1 aliphatic carbocycles. The Labute approximate surface area is 189 Å². The number of nitrogens with zero attached hydrogens (tertiary/aromatic N) is 1. The number of ether oxygens (including phenoxy) is 2. The molecule has 31 heavy (non-hydrogen) atoms. The molecule has 1 amide bonds. The molecule has 0 N–H and O–H groups in total. The molecule has 2 fully saturated rings. The quantitative estimate of drug-likeness (QED) is 0.432. The Morgan fingerprint density at radius 3 is 2.58 bits per heavy atom. The van der Waals surface area contributed by atoms with E-state index in [1.165, 1.54) is 0 Å². The van der Waals surface area contributed by atoms with Gasteiger partial charge in [-0.25, -0.2) is 13.6 Å². The van der Waals surface area contributed by atoms with Crippen LogP contribution in [-0.2, 0) is 11.3 Å². The maximum atomic E-state index is 13.8. The van der Waals surface area contributed by atoms with Crippen LogP contribution in [0.1, 0.15) is 31.2 Å². The summed E-state index contributed by atoms with van der Waals surface area (Å²) in [6.07, 6.45) is 3.70. The van der Waals surface area contributed by atoms with Crippen LogP contribution >= 0.6 is 15.9 Å². The largest absolute Gasteiger partial charge is 0.490 e. The molecule has 1 saturated heterocycles. The van der Waals surface area contributed by atoms with Crippen molar-refractivity contribution in [1.29, 1.82) is 0 Å². The van der Waals surface area contributed by atoms with Gasteiger partial charge in [-0.05, 0) is 71.0 Å². The number of carbonyl (C=O) groups excluding carboxylic acids is 1. The SMILES string of the molecule is O=C(OCc1ccccc1)N1CCC(C2C[C@H]2CCOc2cc(F)c(Br)cc2F)CC1. The third-order valence-corrected chi connectivity index (χ3v) is 6.91. The van der Waals surface area contributed by atoms with E-state index in [4.69, 9.17) is 9.47 Å². The molecule has 2 aliphatic rings. The zero-order chi connectivity index (χ0) is 21.8. The van der Waals surface area contributed by atoms with Crippen molar-refractivity contribution >= 4 is 22.0 Å². The Balaban J connectivity index is 1.15. The predicted molar refractivity (Wildman–Crippen MR) is 117 cm³/mol. The monoisotopic (exact) mass is 493 g/mol. The van der Waals surface area contributed by atoms with Crippen molar-refractivity contribution in [1.82, 2.24) is 4.90 Å². The van der Waals surface area contributed by atoms with E-state index in [-0.39, 0.29) is 16.3 Å². The molecule has 2 aromatic carbocycles. The van der Waals surface area contributed by atoms with E-state index in [9.17, 15) is 13.6 Å². The average Bonchev–Trinajstić information content (AvgIpc) is 3.56. The van der Waals surface area contributed by atoms with Gasteiger partial charge in [-0.3, -0.25) is 0 Å². The molecule has 0 radical (unpaired) electrons. The second kappa shape index (κ2) is 9.98. The molecule has 1 unspecified atom stereocenters. The van der Waals surface area contributed by atoms with Crippen molar-refractivity contribution < 1.29 is 23.0 Å². The zero-order valence-electron chi connectivity index (χ0n) is 17.2. The van der Waals surface area contributed by atoms with Gasteiger partial charge in [0.15, 0.2) is 11.6 Å². The van der Waals surface area contributed by atoms with Crippen molar-refractivity contribution in [2.24, 2.45) is 17.8 Å². The summed E-state index contributed by atoms with van der Waals surface area (Å²) in [4.78, 5) is 14.1. The molecule has 1 saturated carbocycles. The van der Waals surface area contributed by atoms with Crippen molar-refractivity contribution in [3.8, 4) is 5.75 Å². The topological polar surface area (TPSA) is 38.8 Å². The van der Waals surface area contributed by atoms with Crippen LogP contribution in [0.2, 0.25) is 0 Å². The highest BCUT2D eigenvalue weighted by Crippen LogP contribution is 2.49. The summed E-state index contributed by atoms with van der Waals surface area (Å²) in [7, 11) is 0. The molecular formula is C24H26BrF2NO3. The summed E-state index contributed by atoms with van der Waals surface area (Å²) in [5.74, 6) is 0.662. The fourth-order valence-corrected chi connectivity index (χ4v) is 4.75. The summed E-state index contributed by atoms with van der Waals surface area (Å²) in [6, 6.07) is 11.8. The lowest BCUT2D eigenvalue weighted by Crippen LogP contribution is -2.39. The minimum absolute atomic E-state index is 0.0415. The van der Waals surface area contributed by atoms with E-state index in [2.05, 4.69) is 15.9 Å². The van der Waals surface area contributed by atoms with Crippen LogP contribution in [0.15, 0.2) is 46.9 Å². The number of hydrogen-bond donors (Lipinski definition) is 0. The number of benzene rings is 2. The summed E-state index contributed by atoms with van der Waals surface area (Å²) >= 11 is 2.96. The Morgan fingerprint density at radius 1 is 1.10 bits per heavy atom. The van der Waals surface area contributed by atoms with Crippen LogP contribution in [-0.4, -0.2) is 30.7 Å². The third-order valence-electron chi connectivity index (χ3n) is 6.31. The molecule has 1 heterocycles. The number of rotatable bonds is 7. The van der Waals surface area contributed by atoms with E-state index in [1.54, 1.807) is 4.90 Å². The molecule has 0 spiro atoms. The van der Waals surface area contributed by atoms with Gasteiger partial charge in [-0.1, -0.05) is 30.3 Å². The summed E-state index contributed by atoms with van der Waals surface area (Å²) in [5.41, 5.74) is 0.986. The fourth-order valence-electron chi connectivity index (χ4n) is 4.44. The maximum Gasteiger partial charge on any atom is 0.410 e. The number of halogens is 3. The van der Waals surface area contributed by atoms with Crippen LogP contribution < -0.4 is 4.74 Å². The molecule has 0 bridgehead atoms. The van der Waals surface area contributed by atoms with Crippen LogP contribution in [0.4, 0.5) is 13.6 Å². The number of likely N-dealkylation sites (tertiary alicyclic amines) is 1. The van der Waals surface area contributed by atoms with Crippen molar-refractivity contribution in [2.75, 3.05) is 19.7 Å². The third kappa shape index (κ3) is 5.76. The van der Waals surface area contributed by atoms with Gasteiger partial charge in [-0.15, -0.1) is 0 Å². The Morgan fingerprint density at radius 2 is 1.84 bits per heavy atom. The van der Waals surface area contributed by atoms with Crippen molar-refractivity contribution in [2.45, 2.75) is 32.3 Å². The predicted octanol–water partition coefficient (Wildman–Crippen LogP) is 6.18. The first-order valence-electron chi connectivity index (χ1n) is 10.7. The first-order chi connectivity index (χ1) is 15.0. The van der Waals surface area contributed by atoms with Gasteiger partial charge >= 0.3 is 6.09 Å². The average molecular weight is 494 g/mol. The minimum Gasteiger partial charge on any atom is -0.490 e. The van der Waals surface area contributed by atoms with E-state index in [0.29, 0.717) is 31.0 Å². The Hall–Kier alpha value is -2.15. The van der Waals surface area contributed by atoms with E-state index >= 15 is 0 Å². The highest BCUT2D eigenvalue weighted by molar-refractivity contribution is 9.10. The summed E-state index contributed by atoms with van der Waals surface area (Å²) in [6.45, 7) is 2.12. The van der Waals surface area contributed by atoms with E-state index in [0.717, 1.165) is 56.5 Å². The smallest absolute Gasteiger partial charge is 0.410 e. The Kier molecular flexibility index (Phi) is 7.10. The molecule has 7 heteroatoms. The number of hydrogen-bond acceptors (Lipinski definition) is 3. The normalized spacial score (nSPS) is 21.1. The molecule has 166 valence electrons. The molecule has 4 nitrogen and oxygen atoms in total. The van der Waals surface area contributed by atoms with Crippen molar-refractivity contribution in [3.05, 3.63) is 64.1 Å². The number of carbonyl (C=O) groups is 1. The fraction of sp³-hybridized carbons (Fsp3) is 0.458. The molecule has 2 aromatic rings. The van der Waals surface area contributed by atoms with Gasteiger partial charge in [0.1, 0.15) is 12.4 Å². The van der Waals surface area contributed by atoms with Crippen LogP contribution in [0.25, 0.3) is 0 Å². The van der Waals surface area contributed by atoms with Gasteiger partial charge in [-0.2, -0.15) is 0 Å². The maximum absolute atomic E-state index is 13.8. The van der Waals surface area contributed by atoms with Gasteiger partial charge in [0, 0.05) is 19.2 Å². The minimum atomic E-state index is -0.563. The second-order valence-corrected chi connectivity index (χ2v) is 9.21. The van der Waals surface area contributed by atoms with Gasteiger partial charge in [0.05, 0.1) is 11.1 Å². The molecule has 2 atom stereocenters. The van der Waals surface area contributed by atoms with Crippen LogP contribution in [0, 0.1) is 29.4 Å². The van der Waals surface area contributed by atoms with E-state index < -0.39 is 11.6 Å². The van der Waals surface area contributed by atoms with Crippen LogP contribution in [0.3, 0.4) is 0 Å². The lowest BCUT2D eigenvalue weighted by molar-refractivity contribution is 0.0796. The van der Waals surface area contributed by atoms with Crippen LogP contribution in [0.5, 0.6) is 5.75 Å². The first kappa shape index (κ1) is 22.1. The highest BCUT2D eigenvalue weighted by atomic mass is 79.9. The second-order valence-electron chi connectivity index (χ2n) is 8.36.